The molecule has 1 rings (SSSR count). The summed E-state index contributed by atoms with van der Waals surface area (Å²) in [4.78, 5) is 11.6. The molecule has 0 saturated heterocycles. The van der Waals surface area contributed by atoms with E-state index in [2.05, 4.69) is 25.2 Å². The lowest BCUT2D eigenvalue weighted by Crippen LogP contribution is -2.13. The molecule has 0 heterocycles. The van der Waals surface area contributed by atoms with Gasteiger partial charge in [0.1, 0.15) is 0 Å². The average Bonchev–Trinajstić information content (AvgIpc) is 2.29. The summed E-state index contributed by atoms with van der Waals surface area (Å²) in [6.45, 7) is 6.29. The quantitative estimate of drug-likeness (QED) is 0.824. The lowest BCUT2D eigenvalue weighted by Gasteiger charge is -2.12. The molecule has 0 aliphatic heterocycles. The maximum absolute atomic E-state index is 11.6. The Morgan fingerprint density at radius 2 is 2.12 bits per heavy atom. The Balaban J connectivity index is 2.75. The van der Waals surface area contributed by atoms with E-state index in [0.29, 0.717) is 18.8 Å². The lowest BCUT2D eigenvalue weighted by atomic mass is 10.0. The van der Waals surface area contributed by atoms with E-state index in [4.69, 9.17) is 5.11 Å². The number of carbonyl (C=O) groups is 1. The topological polar surface area (TPSA) is 49.3 Å². The van der Waals surface area contributed by atoms with Crippen molar-refractivity contribution in [2.45, 2.75) is 39.5 Å². The summed E-state index contributed by atoms with van der Waals surface area (Å²) in [5, 5.41) is 11.6. The molecule has 0 aliphatic rings. The maximum Gasteiger partial charge on any atom is 0.224 e. The number of aryl methyl sites for hydroxylation is 1. The molecule has 2 N–H and O–H groups in total. The van der Waals surface area contributed by atoms with Gasteiger partial charge in [-0.1, -0.05) is 26.0 Å². The number of nitrogens with one attached hydrogen (secondary N) is 1. The van der Waals surface area contributed by atoms with Crippen LogP contribution < -0.4 is 5.32 Å². The first-order valence-electron chi connectivity index (χ1n) is 6.06. The van der Waals surface area contributed by atoms with Crippen molar-refractivity contribution >= 4 is 11.6 Å². The fraction of sp³-hybridized carbons (Fsp3) is 0.500. The van der Waals surface area contributed by atoms with Crippen molar-refractivity contribution < 1.29 is 9.90 Å². The minimum Gasteiger partial charge on any atom is -0.396 e. The molecule has 17 heavy (non-hydrogen) atoms. The zero-order chi connectivity index (χ0) is 12.8. The number of hydrogen-bond donors (Lipinski definition) is 2. The highest BCUT2D eigenvalue weighted by Gasteiger charge is 2.07. The van der Waals surface area contributed by atoms with Crippen LogP contribution >= 0.6 is 0 Å². The first-order chi connectivity index (χ1) is 8.04. The number of amides is 1. The van der Waals surface area contributed by atoms with E-state index in [1.54, 1.807) is 0 Å². The summed E-state index contributed by atoms with van der Waals surface area (Å²) in [7, 11) is 0. The van der Waals surface area contributed by atoms with Gasteiger partial charge in [0.25, 0.3) is 0 Å². The van der Waals surface area contributed by atoms with Crippen LogP contribution in [0.3, 0.4) is 0 Å². The highest BCUT2D eigenvalue weighted by Crippen LogP contribution is 2.22. The standard InChI is InChI=1S/C14H21NO2/c1-10(2)12-7-6-11(3)13(9-12)15-14(17)5-4-8-16/h6-7,9-10,16H,4-5,8H2,1-3H3,(H,15,17). The van der Waals surface area contributed by atoms with E-state index in [9.17, 15) is 4.79 Å². The van der Waals surface area contributed by atoms with Gasteiger partial charge in [-0.15, -0.1) is 0 Å². The van der Waals surface area contributed by atoms with Gasteiger partial charge in [-0.25, -0.2) is 0 Å². The van der Waals surface area contributed by atoms with Gasteiger partial charge in [-0.05, 0) is 36.5 Å². The van der Waals surface area contributed by atoms with Gasteiger partial charge < -0.3 is 10.4 Å². The van der Waals surface area contributed by atoms with Crippen LogP contribution in [0.2, 0.25) is 0 Å². The van der Waals surface area contributed by atoms with Crippen molar-refractivity contribution in [2.24, 2.45) is 0 Å². The lowest BCUT2D eigenvalue weighted by molar-refractivity contribution is -0.116. The van der Waals surface area contributed by atoms with E-state index in [1.165, 1.54) is 5.56 Å². The number of benzene rings is 1. The zero-order valence-electron chi connectivity index (χ0n) is 10.8. The number of hydrogen-bond acceptors (Lipinski definition) is 2. The number of aliphatic hydroxyl groups is 1. The second-order valence-corrected chi connectivity index (χ2v) is 4.60. The molecule has 3 nitrogen and oxygen atoms in total. The fourth-order valence-corrected chi connectivity index (χ4v) is 1.59. The Bertz CT molecular complexity index is 386. The Labute approximate surface area is 103 Å². The van der Waals surface area contributed by atoms with Crippen LogP contribution in [0, 0.1) is 6.92 Å². The van der Waals surface area contributed by atoms with Crippen LogP contribution in [0.15, 0.2) is 18.2 Å². The van der Waals surface area contributed by atoms with Gasteiger partial charge in [-0.2, -0.15) is 0 Å². The molecule has 1 amide bonds. The third-order valence-electron chi connectivity index (χ3n) is 2.76. The van der Waals surface area contributed by atoms with Crippen LogP contribution in [-0.2, 0) is 4.79 Å². The molecule has 94 valence electrons. The van der Waals surface area contributed by atoms with Crippen LogP contribution in [0.1, 0.15) is 43.7 Å². The van der Waals surface area contributed by atoms with Crippen molar-refractivity contribution in [1.82, 2.24) is 0 Å². The van der Waals surface area contributed by atoms with E-state index >= 15 is 0 Å². The van der Waals surface area contributed by atoms with Gasteiger partial charge in [-0.3, -0.25) is 4.79 Å². The summed E-state index contributed by atoms with van der Waals surface area (Å²) < 4.78 is 0. The summed E-state index contributed by atoms with van der Waals surface area (Å²) in [5.41, 5.74) is 3.15. The SMILES string of the molecule is Cc1ccc(C(C)C)cc1NC(=O)CCCO. The molecule has 0 unspecified atom stereocenters. The van der Waals surface area contributed by atoms with Gasteiger partial charge in [0.15, 0.2) is 0 Å². The molecule has 0 atom stereocenters. The summed E-state index contributed by atoms with van der Waals surface area (Å²) in [6.07, 6.45) is 0.872. The van der Waals surface area contributed by atoms with Gasteiger partial charge in [0, 0.05) is 18.7 Å². The molecular formula is C14H21NO2. The van der Waals surface area contributed by atoms with Crippen molar-refractivity contribution in [2.75, 3.05) is 11.9 Å². The molecule has 0 saturated carbocycles. The van der Waals surface area contributed by atoms with Crippen LogP contribution in [0.25, 0.3) is 0 Å². The Kier molecular flexibility index (Phi) is 5.16. The Hall–Kier alpha value is -1.35. The van der Waals surface area contributed by atoms with Gasteiger partial charge in [0.05, 0.1) is 0 Å². The Morgan fingerprint density at radius 1 is 1.41 bits per heavy atom. The highest BCUT2D eigenvalue weighted by molar-refractivity contribution is 5.91. The average molecular weight is 235 g/mol. The van der Waals surface area contributed by atoms with Crippen molar-refractivity contribution in [3.8, 4) is 0 Å². The van der Waals surface area contributed by atoms with Gasteiger partial charge >= 0.3 is 0 Å². The van der Waals surface area contributed by atoms with E-state index in [0.717, 1.165) is 11.3 Å². The second-order valence-electron chi connectivity index (χ2n) is 4.60. The Morgan fingerprint density at radius 3 is 2.71 bits per heavy atom. The summed E-state index contributed by atoms with van der Waals surface area (Å²) in [6, 6.07) is 6.14. The summed E-state index contributed by atoms with van der Waals surface area (Å²) >= 11 is 0. The molecule has 3 heteroatoms. The molecule has 0 fully saturated rings. The molecule has 0 aliphatic carbocycles. The maximum atomic E-state index is 11.6. The second kappa shape index (κ2) is 6.40. The number of carbonyl (C=O) groups excluding carboxylic acids is 1. The van der Waals surface area contributed by atoms with Crippen LogP contribution in [0.4, 0.5) is 5.69 Å². The van der Waals surface area contributed by atoms with E-state index in [-0.39, 0.29) is 12.5 Å². The predicted molar refractivity (Wildman–Crippen MR) is 70.2 cm³/mol. The molecule has 0 radical (unpaired) electrons. The van der Waals surface area contributed by atoms with Gasteiger partial charge in [0.2, 0.25) is 5.91 Å². The number of aliphatic hydroxyl groups excluding tert-OH is 1. The minimum atomic E-state index is -0.0388. The fourth-order valence-electron chi connectivity index (χ4n) is 1.59. The molecule has 0 aromatic heterocycles. The first-order valence-corrected chi connectivity index (χ1v) is 6.06. The minimum absolute atomic E-state index is 0.0388. The van der Waals surface area contributed by atoms with Crippen LogP contribution in [0.5, 0.6) is 0 Å². The van der Waals surface area contributed by atoms with Crippen molar-refractivity contribution in [1.29, 1.82) is 0 Å². The normalized spacial score (nSPS) is 10.6. The third kappa shape index (κ3) is 4.19. The zero-order valence-corrected chi connectivity index (χ0v) is 10.8. The van der Waals surface area contributed by atoms with E-state index < -0.39 is 0 Å². The number of anilines is 1. The van der Waals surface area contributed by atoms with Crippen molar-refractivity contribution in [3.05, 3.63) is 29.3 Å². The number of rotatable bonds is 5. The monoisotopic (exact) mass is 235 g/mol. The molecule has 0 bridgehead atoms. The summed E-state index contributed by atoms with van der Waals surface area (Å²) in [5.74, 6) is 0.409. The van der Waals surface area contributed by atoms with Crippen LogP contribution in [-0.4, -0.2) is 17.6 Å². The first kappa shape index (κ1) is 13.7. The largest absolute Gasteiger partial charge is 0.396 e. The molecule has 1 aromatic carbocycles. The highest BCUT2D eigenvalue weighted by atomic mass is 16.3. The van der Waals surface area contributed by atoms with E-state index in [1.807, 2.05) is 19.1 Å². The molecule has 1 aromatic rings. The van der Waals surface area contributed by atoms with Crippen molar-refractivity contribution in [3.63, 3.8) is 0 Å². The predicted octanol–water partition coefficient (Wildman–Crippen LogP) is 2.83. The molecular weight excluding hydrogens is 214 g/mol. The third-order valence-corrected chi connectivity index (χ3v) is 2.76. The smallest absolute Gasteiger partial charge is 0.224 e. The molecule has 0 spiro atoms.